The molecular formula is C24H33N3O4S. The Kier molecular flexibility index (Phi) is 6.18. The van der Waals surface area contributed by atoms with Gasteiger partial charge in [-0.25, -0.2) is 0 Å². The number of hydrogen-bond donors (Lipinski definition) is 2. The van der Waals surface area contributed by atoms with E-state index in [0.717, 1.165) is 55.4 Å². The molecule has 174 valence electrons. The van der Waals surface area contributed by atoms with Crippen molar-refractivity contribution in [3.8, 4) is 0 Å². The predicted molar refractivity (Wildman–Crippen MR) is 123 cm³/mol. The summed E-state index contributed by atoms with van der Waals surface area (Å²) in [7, 11) is 0. The molecule has 1 saturated carbocycles. The molecule has 3 atom stereocenters. The van der Waals surface area contributed by atoms with E-state index in [0.29, 0.717) is 16.5 Å². The van der Waals surface area contributed by atoms with E-state index < -0.39 is 5.91 Å². The van der Waals surface area contributed by atoms with Crippen LogP contribution >= 0.6 is 11.3 Å². The van der Waals surface area contributed by atoms with Crippen molar-refractivity contribution in [2.24, 2.45) is 28.9 Å². The molecule has 32 heavy (non-hydrogen) atoms. The van der Waals surface area contributed by atoms with Gasteiger partial charge in [0.25, 0.3) is 5.91 Å². The Hall–Kier alpha value is -2.22. The van der Waals surface area contributed by atoms with E-state index in [-0.39, 0.29) is 47.9 Å². The molecular weight excluding hydrogens is 426 g/mol. The van der Waals surface area contributed by atoms with Crippen molar-refractivity contribution in [3.63, 3.8) is 0 Å². The van der Waals surface area contributed by atoms with E-state index in [2.05, 4.69) is 26.1 Å². The second-order valence-electron chi connectivity index (χ2n) is 10.5. The first-order valence-electron chi connectivity index (χ1n) is 11.7. The lowest BCUT2D eigenvalue weighted by molar-refractivity contribution is -0.140. The summed E-state index contributed by atoms with van der Waals surface area (Å²) in [6.07, 6.45) is 6.13. The zero-order chi connectivity index (χ0) is 23.2. The number of fused-ring (bicyclic) bond motifs is 2. The first-order valence-corrected chi connectivity index (χ1v) is 12.5. The molecule has 8 heteroatoms. The fourth-order valence-corrected chi connectivity index (χ4v) is 6.88. The van der Waals surface area contributed by atoms with E-state index in [1.165, 1.54) is 16.2 Å². The molecule has 7 nitrogen and oxygen atoms in total. The van der Waals surface area contributed by atoms with Crippen molar-refractivity contribution >= 4 is 40.0 Å². The van der Waals surface area contributed by atoms with Gasteiger partial charge < -0.3 is 11.1 Å². The lowest BCUT2D eigenvalue weighted by atomic mass is 9.72. The number of carbonyl (C=O) groups excluding carboxylic acids is 4. The number of carbonyl (C=O) groups is 4. The molecule has 1 aromatic heterocycles. The molecule has 1 aliphatic heterocycles. The van der Waals surface area contributed by atoms with Gasteiger partial charge in [0.15, 0.2) is 0 Å². The maximum Gasteiger partial charge on any atom is 0.251 e. The maximum atomic E-state index is 12.7. The zero-order valence-corrected chi connectivity index (χ0v) is 20.0. The van der Waals surface area contributed by atoms with Gasteiger partial charge >= 0.3 is 0 Å². The van der Waals surface area contributed by atoms with E-state index in [9.17, 15) is 19.2 Å². The van der Waals surface area contributed by atoms with Crippen LogP contribution in [0.5, 0.6) is 0 Å². The number of rotatable bonds is 5. The van der Waals surface area contributed by atoms with E-state index in [1.807, 2.05) is 0 Å². The van der Waals surface area contributed by atoms with E-state index >= 15 is 0 Å². The molecule has 4 amide bonds. The summed E-state index contributed by atoms with van der Waals surface area (Å²) >= 11 is 1.43. The zero-order valence-electron chi connectivity index (χ0n) is 19.2. The highest BCUT2D eigenvalue weighted by molar-refractivity contribution is 7.17. The molecule has 3 aliphatic rings. The lowest BCUT2D eigenvalue weighted by Crippen LogP contribution is -2.34. The van der Waals surface area contributed by atoms with Crippen molar-refractivity contribution in [1.29, 1.82) is 0 Å². The third kappa shape index (κ3) is 4.21. The Morgan fingerprint density at radius 2 is 1.72 bits per heavy atom. The van der Waals surface area contributed by atoms with Crippen LogP contribution in [0, 0.1) is 23.2 Å². The Morgan fingerprint density at radius 3 is 2.28 bits per heavy atom. The first kappa shape index (κ1) is 23.0. The lowest BCUT2D eigenvalue weighted by Gasteiger charge is -2.33. The molecule has 0 unspecified atom stereocenters. The quantitative estimate of drug-likeness (QED) is 0.657. The number of nitrogens with one attached hydrogen (secondary N) is 1. The Bertz CT molecular complexity index is 937. The highest BCUT2D eigenvalue weighted by Crippen LogP contribution is 2.44. The topological polar surface area (TPSA) is 110 Å². The number of anilines is 1. The number of imide groups is 1. The average Bonchev–Trinajstić information content (AvgIpc) is 3.20. The SMILES string of the molecule is CC(C)(C)[C@@H]1CCc2c(sc(NC(=O)CCN3C(=O)[C@H]4CCCC[C@H]4C3=O)c2C(N)=O)C1. The molecule has 2 aliphatic carbocycles. The van der Waals surface area contributed by atoms with Gasteiger partial charge in [0.2, 0.25) is 17.7 Å². The van der Waals surface area contributed by atoms with Crippen LogP contribution in [0.3, 0.4) is 0 Å². The second-order valence-corrected chi connectivity index (χ2v) is 11.6. The van der Waals surface area contributed by atoms with Crippen LogP contribution in [0.15, 0.2) is 0 Å². The molecule has 1 saturated heterocycles. The number of primary amides is 1. The third-order valence-corrected chi connectivity index (χ3v) is 8.65. The Balaban J connectivity index is 1.44. The van der Waals surface area contributed by atoms with Crippen LogP contribution in [-0.4, -0.2) is 35.1 Å². The normalized spacial score (nSPS) is 25.5. The van der Waals surface area contributed by atoms with Crippen molar-refractivity contribution in [2.45, 2.75) is 72.1 Å². The summed E-state index contributed by atoms with van der Waals surface area (Å²) in [5.74, 6) is -1.01. The van der Waals surface area contributed by atoms with Gasteiger partial charge in [-0.2, -0.15) is 0 Å². The molecule has 4 rings (SSSR count). The van der Waals surface area contributed by atoms with Crippen molar-refractivity contribution in [1.82, 2.24) is 4.90 Å². The van der Waals surface area contributed by atoms with Gasteiger partial charge in [0.1, 0.15) is 5.00 Å². The van der Waals surface area contributed by atoms with Crippen molar-refractivity contribution in [3.05, 3.63) is 16.0 Å². The van der Waals surface area contributed by atoms with Crippen molar-refractivity contribution < 1.29 is 19.2 Å². The molecule has 2 heterocycles. The first-order chi connectivity index (χ1) is 15.1. The molecule has 3 N–H and O–H groups in total. The van der Waals surface area contributed by atoms with Crippen LogP contribution in [0.25, 0.3) is 0 Å². The number of likely N-dealkylation sites (tertiary alicyclic amines) is 1. The predicted octanol–water partition coefficient (Wildman–Crippen LogP) is 3.50. The minimum atomic E-state index is -0.527. The summed E-state index contributed by atoms with van der Waals surface area (Å²) in [6.45, 7) is 6.76. The van der Waals surface area contributed by atoms with E-state index in [1.54, 1.807) is 0 Å². The summed E-state index contributed by atoms with van der Waals surface area (Å²) in [4.78, 5) is 52.5. The van der Waals surface area contributed by atoms with Gasteiger partial charge in [-0.1, -0.05) is 33.6 Å². The smallest absolute Gasteiger partial charge is 0.251 e. The number of thiophene rings is 1. The van der Waals surface area contributed by atoms with Crippen LogP contribution in [0.1, 0.15) is 80.1 Å². The van der Waals surface area contributed by atoms with Gasteiger partial charge in [0, 0.05) is 17.8 Å². The summed E-state index contributed by atoms with van der Waals surface area (Å²) in [6, 6.07) is 0. The summed E-state index contributed by atoms with van der Waals surface area (Å²) in [5, 5.41) is 3.34. The Labute approximate surface area is 193 Å². The highest BCUT2D eigenvalue weighted by Gasteiger charge is 2.47. The number of nitrogens with two attached hydrogens (primary N) is 1. The monoisotopic (exact) mass is 459 g/mol. The second kappa shape index (κ2) is 8.61. The minimum absolute atomic E-state index is 0.0162. The molecule has 0 radical (unpaired) electrons. The maximum absolute atomic E-state index is 12.7. The largest absolute Gasteiger partial charge is 0.365 e. The fraction of sp³-hybridized carbons (Fsp3) is 0.667. The van der Waals surface area contributed by atoms with Crippen LogP contribution in [0.4, 0.5) is 5.00 Å². The minimum Gasteiger partial charge on any atom is -0.365 e. The molecule has 0 spiro atoms. The summed E-state index contributed by atoms with van der Waals surface area (Å²) < 4.78 is 0. The van der Waals surface area contributed by atoms with Gasteiger partial charge in [0.05, 0.1) is 17.4 Å². The molecule has 1 aromatic rings. The van der Waals surface area contributed by atoms with Gasteiger partial charge in [-0.15, -0.1) is 11.3 Å². The van der Waals surface area contributed by atoms with Crippen molar-refractivity contribution in [2.75, 3.05) is 11.9 Å². The number of hydrogen-bond acceptors (Lipinski definition) is 5. The molecule has 0 aromatic carbocycles. The molecule has 0 bridgehead atoms. The fourth-order valence-electron chi connectivity index (χ4n) is 5.53. The summed E-state index contributed by atoms with van der Waals surface area (Å²) in [5.41, 5.74) is 7.23. The Morgan fingerprint density at radius 1 is 1.09 bits per heavy atom. The third-order valence-electron chi connectivity index (χ3n) is 7.48. The molecule has 2 fully saturated rings. The van der Waals surface area contributed by atoms with Crippen LogP contribution < -0.4 is 11.1 Å². The van der Waals surface area contributed by atoms with Crippen LogP contribution in [-0.2, 0) is 27.2 Å². The van der Waals surface area contributed by atoms with Gasteiger partial charge in [-0.05, 0) is 49.0 Å². The van der Waals surface area contributed by atoms with Crippen LogP contribution in [0.2, 0.25) is 0 Å². The number of amides is 4. The average molecular weight is 460 g/mol. The van der Waals surface area contributed by atoms with E-state index in [4.69, 9.17) is 5.73 Å². The standard InChI is InChI=1S/C24H33N3O4S/c1-24(2,3)13-8-9-16-17(12-13)32-21(19(16)20(25)29)26-18(28)10-11-27-22(30)14-6-4-5-7-15(14)23(27)31/h13-15H,4-12H2,1-3H3,(H2,25,29)(H,26,28)/t13-,14-,15+/m1/s1. The highest BCUT2D eigenvalue weighted by atomic mass is 32.1. The number of nitrogens with zero attached hydrogens (tertiary/aromatic N) is 1. The van der Waals surface area contributed by atoms with Gasteiger partial charge in [-0.3, -0.25) is 24.1 Å².